The summed E-state index contributed by atoms with van der Waals surface area (Å²) in [5, 5.41) is 11.1. The van der Waals surface area contributed by atoms with Gasteiger partial charge in [0, 0.05) is 43.2 Å². The molecule has 4 rings (SSSR count). The highest BCUT2D eigenvalue weighted by Crippen LogP contribution is 2.38. The van der Waals surface area contributed by atoms with E-state index in [1.165, 1.54) is 22.6 Å². The van der Waals surface area contributed by atoms with Crippen molar-refractivity contribution in [1.82, 2.24) is 9.80 Å². The molecule has 2 aliphatic heterocycles. The van der Waals surface area contributed by atoms with Gasteiger partial charge in [0.15, 0.2) is 11.5 Å². The average molecular weight is 513 g/mol. The van der Waals surface area contributed by atoms with Gasteiger partial charge in [-0.15, -0.1) is 11.8 Å². The van der Waals surface area contributed by atoms with Crippen LogP contribution in [0.15, 0.2) is 41.3 Å². The number of rotatable bonds is 8. The molecule has 1 saturated heterocycles. The maximum Gasteiger partial charge on any atom is 0.246 e. The molecule has 194 valence electrons. The molecule has 1 amide bonds. The van der Waals surface area contributed by atoms with E-state index in [0.717, 1.165) is 30.6 Å². The lowest BCUT2D eigenvalue weighted by molar-refractivity contribution is -0.128. The van der Waals surface area contributed by atoms with Crippen molar-refractivity contribution >= 4 is 23.7 Å². The van der Waals surface area contributed by atoms with Gasteiger partial charge < -0.3 is 24.2 Å². The third-order valence-electron chi connectivity index (χ3n) is 7.04. The highest BCUT2D eigenvalue weighted by Gasteiger charge is 2.28. The summed E-state index contributed by atoms with van der Waals surface area (Å²) < 4.78 is 16.1. The van der Waals surface area contributed by atoms with E-state index in [-0.39, 0.29) is 11.9 Å². The number of hydrogen-bond acceptors (Lipinski definition) is 7. The Bertz CT molecular complexity index is 1070. The number of carbonyl (C=O) groups excluding carboxylic acids is 1. The monoisotopic (exact) mass is 512 g/mol. The Morgan fingerprint density at radius 1 is 1.03 bits per heavy atom. The first-order valence-corrected chi connectivity index (χ1v) is 13.4. The summed E-state index contributed by atoms with van der Waals surface area (Å²) in [6, 6.07) is 9.99. The van der Waals surface area contributed by atoms with Crippen molar-refractivity contribution in [2.24, 2.45) is 0 Å². The van der Waals surface area contributed by atoms with E-state index in [2.05, 4.69) is 30.0 Å². The summed E-state index contributed by atoms with van der Waals surface area (Å²) >= 11 is 1.90. The van der Waals surface area contributed by atoms with Crippen LogP contribution in [0.3, 0.4) is 0 Å². The van der Waals surface area contributed by atoms with Crippen LogP contribution < -0.4 is 14.2 Å². The molecule has 0 radical (unpaired) electrons. The van der Waals surface area contributed by atoms with Gasteiger partial charge in [-0.3, -0.25) is 9.69 Å². The predicted molar refractivity (Wildman–Crippen MR) is 143 cm³/mol. The molecular formula is C28H36N2O5S. The minimum atomic E-state index is -0.551. The smallest absolute Gasteiger partial charge is 0.246 e. The van der Waals surface area contributed by atoms with Gasteiger partial charge in [0.1, 0.15) is 0 Å². The molecule has 0 spiro atoms. The van der Waals surface area contributed by atoms with Crippen LogP contribution in [0.5, 0.6) is 17.2 Å². The second-order valence-electron chi connectivity index (χ2n) is 9.16. The lowest BCUT2D eigenvalue weighted by Crippen LogP contribution is -2.52. The van der Waals surface area contributed by atoms with Gasteiger partial charge in [-0.25, -0.2) is 0 Å². The first-order valence-electron chi connectivity index (χ1n) is 12.4. The summed E-state index contributed by atoms with van der Waals surface area (Å²) in [6.07, 6.45) is 5.07. The summed E-state index contributed by atoms with van der Waals surface area (Å²) in [5.74, 6) is 2.74. The molecule has 2 heterocycles. The van der Waals surface area contributed by atoms with Gasteiger partial charge in [0.2, 0.25) is 11.7 Å². The van der Waals surface area contributed by atoms with Crippen LogP contribution in [0.4, 0.5) is 0 Å². The van der Waals surface area contributed by atoms with E-state index in [0.29, 0.717) is 30.3 Å². The molecule has 2 aliphatic rings. The Labute approximate surface area is 218 Å². The lowest BCUT2D eigenvalue weighted by atomic mass is 9.98. The quantitative estimate of drug-likeness (QED) is 0.536. The second-order valence-corrected chi connectivity index (χ2v) is 10.3. The fourth-order valence-electron chi connectivity index (χ4n) is 4.86. The number of aliphatic hydroxyl groups is 1. The van der Waals surface area contributed by atoms with Crippen LogP contribution in [0.1, 0.15) is 36.1 Å². The molecule has 0 aliphatic carbocycles. The number of amides is 1. The Kier molecular flexibility index (Phi) is 8.82. The SMILES string of the molecule is COc1cc(/C=C/C(=O)N2CCN(C(C)C(O)c3ccc4c(c3)CCCS4)CC2)cc(OC)c1OC. The Morgan fingerprint density at radius 2 is 1.72 bits per heavy atom. The molecular weight excluding hydrogens is 476 g/mol. The third-order valence-corrected chi connectivity index (χ3v) is 8.24. The Morgan fingerprint density at radius 3 is 2.36 bits per heavy atom. The number of fused-ring (bicyclic) bond motifs is 1. The number of hydrogen-bond donors (Lipinski definition) is 1. The zero-order valence-electron chi connectivity index (χ0n) is 21.5. The van der Waals surface area contributed by atoms with Gasteiger partial charge in [-0.2, -0.15) is 0 Å². The van der Waals surface area contributed by atoms with Crippen LogP contribution in [-0.4, -0.2) is 80.1 Å². The van der Waals surface area contributed by atoms with E-state index < -0.39 is 6.10 Å². The normalized spacial score (nSPS) is 18.0. The molecule has 1 fully saturated rings. The van der Waals surface area contributed by atoms with Crippen molar-refractivity contribution in [3.8, 4) is 17.2 Å². The summed E-state index contributed by atoms with van der Waals surface area (Å²) in [7, 11) is 4.70. The standard InChI is InChI=1S/C28H36N2O5S/c1-19(27(32)22-8-9-25-21(18-22)6-5-15-36-25)29-11-13-30(14-12-29)26(31)10-7-20-16-23(33-2)28(35-4)24(17-20)34-3/h7-10,16-19,27,32H,5-6,11-15H2,1-4H3/b10-7+. The zero-order chi connectivity index (χ0) is 25.7. The molecule has 2 unspecified atom stereocenters. The van der Waals surface area contributed by atoms with Crippen LogP contribution >= 0.6 is 11.8 Å². The van der Waals surface area contributed by atoms with Gasteiger partial charge in [0.25, 0.3) is 0 Å². The molecule has 0 aromatic heterocycles. The molecule has 0 saturated carbocycles. The van der Waals surface area contributed by atoms with E-state index >= 15 is 0 Å². The molecule has 2 atom stereocenters. The van der Waals surface area contributed by atoms with Crippen LogP contribution in [0.2, 0.25) is 0 Å². The molecule has 8 heteroatoms. The number of aliphatic hydroxyl groups excluding tert-OH is 1. The van der Waals surface area contributed by atoms with Crippen molar-refractivity contribution in [1.29, 1.82) is 0 Å². The van der Waals surface area contributed by atoms with Crippen molar-refractivity contribution in [2.45, 2.75) is 36.8 Å². The summed E-state index contributed by atoms with van der Waals surface area (Å²) in [4.78, 5) is 18.3. The number of carbonyl (C=O) groups is 1. The molecule has 2 aromatic rings. The summed E-state index contributed by atoms with van der Waals surface area (Å²) in [6.45, 7) is 4.76. The highest BCUT2D eigenvalue weighted by atomic mass is 32.2. The number of aryl methyl sites for hydroxylation is 1. The number of benzene rings is 2. The van der Waals surface area contributed by atoms with Crippen LogP contribution in [-0.2, 0) is 11.2 Å². The average Bonchev–Trinajstić information content (AvgIpc) is 2.94. The number of nitrogens with zero attached hydrogens (tertiary/aromatic N) is 2. The fraction of sp³-hybridized carbons (Fsp3) is 0.464. The van der Waals surface area contributed by atoms with Gasteiger partial charge in [-0.1, -0.05) is 12.1 Å². The van der Waals surface area contributed by atoms with Gasteiger partial charge in [-0.05, 0) is 66.5 Å². The van der Waals surface area contributed by atoms with Crippen molar-refractivity contribution < 1.29 is 24.1 Å². The van der Waals surface area contributed by atoms with Crippen LogP contribution in [0, 0.1) is 0 Å². The van der Waals surface area contributed by atoms with Gasteiger partial charge >= 0.3 is 0 Å². The molecule has 7 nitrogen and oxygen atoms in total. The van der Waals surface area contributed by atoms with E-state index in [1.807, 2.05) is 28.8 Å². The molecule has 0 bridgehead atoms. The van der Waals surface area contributed by atoms with Crippen molar-refractivity contribution in [3.63, 3.8) is 0 Å². The fourth-order valence-corrected chi connectivity index (χ4v) is 5.88. The molecule has 1 N–H and O–H groups in total. The molecule has 2 aromatic carbocycles. The summed E-state index contributed by atoms with van der Waals surface area (Å²) in [5.41, 5.74) is 3.12. The van der Waals surface area contributed by atoms with Crippen LogP contribution in [0.25, 0.3) is 6.08 Å². The lowest BCUT2D eigenvalue weighted by Gasteiger charge is -2.39. The predicted octanol–water partition coefficient (Wildman–Crippen LogP) is 4.03. The minimum absolute atomic E-state index is 0.0219. The number of thioether (sulfide) groups is 1. The number of ether oxygens (including phenoxy) is 3. The highest BCUT2D eigenvalue weighted by molar-refractivity contribution is 7.99. The minimum Gasteiger partial charge on any atom is -0.493 e. The first kappa shape index (κ1) is 26.4. The zero-order valence-corrected chi connectivity index (χ0v) is 22.3. The maximum absolute atomic E-state index is 12.9. The Balaban J connectivity index is 1.34. The van der Waals surface area contributed by atoms with Crippen molar-refractivity contribution in [3.05, 3.63) is 53.1 Å². The Hall–Kier alpha value is -2.68. The number of piperazine rings is 1. The largest absolute Gasteiger partial charge is 0.493 e. The van der Waals surface area contributed by atoms with E-state index in [9.17, 15) is 9.90 Å². The third kappa shape index (κ3) is 5.82. The second kappa shape index (κ2) is 12.0. The first-order chi connectivity index (χ1) is 17.4. The van der Waals surface area contributed by atoms with E-state index in [4.69, 9.17) is 14.2 Å². The topological polar surface area (TPSA) is 71.5 Å². The molecule has 36 heavy (non-hydrogen) atoms. The van der Waals surface area contributed by atoms with Gasteiger partial charge in [0.05, 0.1) is 27.4 Å². The maximum atomic E-state index is 12.9. The number of methoxy groups -OCH3 is 3. The van der Waals surface area contributed by atoms with Crippen molar-refractivity contribution in [2.75, 3.05) is 53.3 Å². The van der Waals surface area contributed by atoms with E-state index in [1.54, 1.807) is 33.5 Å².